The Morgan fingerprint density at radius 2 is 1.97 bits per heavy atom. The van der Waals surface area contributed by atoms with E-state index >= 15 is 0 Å². The van der Waals surface area contributed by atoms with E-state index in [1.165, 1.54) is 23.8 Å². The summed E-state index contributed by atoms with van der Waals surface area (Å²) in [5.41, 5.74) is -1.18. The van der Waals surface area contributed by atoms with Gasteiger partial charge in [0.05, 0.1) is 22.9 Å². The molecule has 1 unspecified atom stereocenters. The molecule has 1 aromatic heterocycles. The zero-order valence-electron chi connectivity index (χ0n) is 16.2. The summed E-state index contributed by atoms with van der Waals surface area (Å²) in [6.07, 6.45) is -4.55. The molecule has 2 aromatic carbocycles. The predicted molar refractivity (Wildman–Crippen MR) is 105 cm³/mol. The number of hydrogen-bond acceptors (Lipinski definition) is 4. The molecule has 1 N–H and O–H groups in total. The maximum atomic E-state index is 14.7. The minimum atomic E-state index is -4.65. The number of methoxy groups -OCH3 is 1. The molecule has 3 aromatic rings. The Hall–Kier alpha value is -3.21. The zero-order chi connectivity index (χ0) is 22.9. The van der Waals surface area contributed by atoms with E-state index in [1.54, 1.807) is 6.92 Å². The van der Waals surface area contributed by atoms with Crippen LogP contribution in [0.2, 0.25) is 0 Å². The van der Waals surface area contributed by atoms with Gasteiger partial charge >= 0.3 is 12.1 Å². The van der Waals surface area contributed by atoms with Crippen molar-refractivity contribution in [2.45, 2.75) is 25.6 Å². The number of rotatable bonds is 5. The Labute approximate surface area is 177 Å². The van der Waals surface area contributed by atoms with Crippen molar-refractivity contribution >= 4 is 33.4 Å². The number of ether oxygens (including phenoxy) is 1. The number of fused-ring (bicyclic) bond motifs is 1. The Morgan fingerprint density at radius 3 is 2.55 bits per heavy atom. The first-order valence-corrected chi connectivity index (χ1v) is 9.76. The number of benzene rings is 2. The fourth-order valence-corrected chi connectivity index (χ4v) is 4.14. The molecule has 0 fully saturated rings. The number of carboxylic acids is 1. The number of halogens is 4. The average Bonchev–Trinajstić information content (AvgIpc) is 3.07. The van der Waals surface area contributed by atoms with Crippen molar-refractivity contribution in [3.05, 3.63) is 58.1 Å². The maximum Gasteiger partial charge on any atom is 0.416 e. The molecule has 0 spiro atoms. The standard InChI is InChI=1S/C20H16F4N2O4S/c1-3-12(18(28)29)26-13-7-8-14(30-2)15(21)16(13)31-19(26)25-17(27)10-5-4-6-11(9-10)20(22,23)24/h4-9,12H,3H2,1-2H3,(H,28,29). The molecule has 11 heteroatoms. The molecule has 1 amide bonds. The van der Waals surface area contributed by atoms with Gasteiger partial charge in [-0.25, -0.2) is 9.18 Å². The molecule has 1 atom stereocenters. The maximum absolute atomic E-state index is 14.7. The number of carboxylic acid groups (broad SMARTS) is 1. The van der Waals surface area contributed by atoms with Crippen LogP contribution in [0, 0.1) is 5.82 Å². The predicted octanol–water partition coefficient (Wildman–Crippen LogP) is 4.65. The smallest absolute Gasteiger partial charge is 0.416 e. The van der Waals surface area contributed by atoms with Gasteiger partial charge in [-0.05, 0) is 36.8 Å². The summed E-state index contributed by atoms with van der Waals surface area (Å²) in [6.45, 7) is 1.59. The van der Waals surface area contributed by atoms with Crippen LogP contribution in [0.1, 0.15) is 35.3 Å². The van der Waals surface area contributed by atoms with Crippen LogP contribution in [-0.4, -0.2) is 28.7 Å². The van der Waals surface area contributed by atoms with Crippen molar-refractivity contribution < 1.29 is 37.0 Å². The van der Waals surface area contributed by atoms with Gasteiger partial charge in [0.15, 0.2) is 16.4 Å². The highest BCUT2D eigenvalue weighted by Gasteiger charge is 2.31. The van der Waals surface area contributed by atoms with E-state index in [0.29, 0.717) is 17.4 Å². The van der Waals surface area contributed by atoms with Crippen molar-refractivity contribution in [3.8, 4) is 5.75 Å². The second-order valence-corrected chi connectivity index (χ2v) is 7.42. The van der Waals surface area contributed by atoms with E-state index < -0.39 is 35.5 Å². The lowest BCUT2D eigenvalue weighted by atomic mass is 10.1. The van der Waals surface area contributed by atoms with Crippen LogP contribution in [0.3, 0.4) is 0 Å². The van der Waals surface area contributed by atoms with Gasteiger partial charge < -0.3 is 14.4 Å². The van der Waals surface area contributed by atoms with Crippen LogP contribution in [0.25, 0.3) is 10.2 Å². The quantitative estimate of drug-likeness (QED) is 0.567. The van der Waals surface area contributed by atoms with Crippen molar-refractivity contribution in [2.24, 2.45) is 4.99 Å². The van der Waals surface area contributed by atoms with Crippen molar-refractivity contribution in [2.75, 3.05) is 7.11 Å². The number of carbonyl (C=O) groups excluding carboxylic acids is 1. The number of amides is 1. The minimum Gasteiger partial charge on any atom is -0.494 e. The Bertz CT molecular complexity index is 1230. The van der Waals surface area contributed by atoms with Gasteiger partial charge in [0.25, 0.3) is 5.91 Å². The molecular weight excluding hydrogens is 440 g/mol. The van der Waals surface area contributed by atoms with Gasteiger partial charge in [0.2, 0.25) is 0 Å². The molecule has 3 rings (SSSR count). The number of hydrogen-bond donors (Lipinski definition) is 1. The first-order valence-electron chi connectivity index (χ1n) is 8.95. The fourth-order valence-electron chi connectivity index (χ4n) is 3.04. The molecule has 31 heavy (non-hydrogen) atoms. The molecule has 0 aliphatic rings. The third-order valence-corrected chi connectivity index (χ3v) is 5.60. The SMILES string of the molecule is CCC(C(=O)O)n1c(=NC(=O)c2cccc(C(F)(F)F)c2)sc2c(F)c(OC)ccc21. The summed E-state index contributed by atoms with van der Waals surface area (Å²) in [6, 6.07) is 5.28. The van der Waals surface area contributed by atoms with Crippen LogP contribution in [0.4, 0.5) is 17.6 Å². The fraction of sp³-hybridized carbons (Fsp3) is 0.250. The lowest BCUT2D eigenvalue weighted by molar-refractivity contribution is -0.141. The lowest BCUT2D eigenvalue weighted by Gasteiger charge is -2.13. The van der Waals surface area contributed by atoms with Crippen LogP contribution >= 0.6 is 11.3 Å². The summed E-state index contributed by atoms with van der Waals surface area (Å²) in [5, 5.41) is 9.59. The van der Waals surface area contributed by atoms with Gasteiger partial charge in [-0.3, -0.25) is 4.79 Å². The Kier molecular flexibility index (Phi) is 6.16. The second kappa shape index (κ2) is 8.50. The number of nitrogens with zero attached hydrogens (tertiary/aromatic N) is 2. The van der Waals surface area contributed by atoms with Crippen LogP contribution in [0.15, 0.2) is 41.4 Å². The van der Waals surface area contributed by atoms with Crippen molar-refractivity contribution in [1.82, 2.24) is 4.57 Å². The summed E-state index contributed by atoms with van der Waals surface area (Å²) in [7, 11) is 1.26. The molecule has 0 radical (unpaired) electrons. The third-order valence-electron chi connectivity index (χ3n) is 4.54. The van der Waals surface area contributed by atoms with Crippen molar-refractivity contribution in [3.63, 3.8) is 0 Å². The van der Waals surface area contributed by atoms with E-state index in [2.05, 4.69) is 4.99 Å². The molecule has 0 aliphatic heterocycles. The van der Waals surface area contributed by atoms with Gasteiger partial charge in [0, 0.05) is 5.56 Å². The van der Waals surface area contributed by atoms with Gasteiger partial charge in [-0.1, -0.05) is 24.3 Å². The molecular formula is C20H16F4N2O4S. The number of aliphatic carboxylic acids is 1. The number of thiazole rings is 1. The molecule has 6 nitrogen and oxygen atoms in total. The van der Waals surface area contributed by atoms with E-state index in [0.717, 1.165) is 18.2 Å². The topological polar surface area (TPSA) is 80.9 Å². The monoisotopic (exact) mass is 456 g/mol. The van der Waals surface area contributed by atoms with Crippen LogP contribution in [-0.2, 0) is 11.0 Å². The van der Waals surface area contributed by atoms with E-state index in [4.69, 9.17) is 4.74 Å². The van der Waals surface area contributed by atoms with Crippen LogP contribution < -0.4 is 9.54 Å². The highest BCUT2D eigenvalue weighted by Crippen LogP contribution is 2.31. The minimum absolute atomic E-state index is 0.00893. The van der Waals surface area contributed by atoms with Crippen LogP contribution in [0.5, 0.6) is 5.75 Å². The Balaban J connectivity index is 2.25. The van der Waals surface area contributed by atoms with E-state index in [-0.39, 0.29) is 32.8 Å². The molecule has 1 heterocycles. The molecule has 0 saturated heterocycles. The Morgan fingerprint density at radius 1 is 1.26 bits per heavy atom. The van der Waals surface area contributed by atoms with E-state index in [1.807, 2.05) is 0 Å². The summed E-state index contributed by atoms with van der Waals surface area (Å²) >= 11 is 0.709. The average molecular weight is 456 g/mol. The van der Waals surface area contributed by atoms with Gasteiger partial charge in [0.1, 0.15) is 6.04 Å². The number of alkyl halides is 3. The molecule has 0 bridgehead atoms. The summed E-state index contributed by atoms with van der Waals surface area (Å²) < 4.78 is 59.7. The normalized spacial score (nSPS) is 13.4. The molecule has 0 aliphatic carbocycles. The highest BCUT2D eigenvalue weighted by atomic mass is 32.1. The summed E-state index contributed by atoms with van der Waals surface area (Å²) in [4.78, 5) is 28.1. The largest absolute Gasteiger partial charge is 0.494 e. The number of aromatic nitrogens is 1. The molecule has 0 saturated carbocycles. The third kappa shape index (κ3) is 4.31. The zero-order valence-corrected chi connectivity index (χ0v) is 17.1. The van der Waals surface area contributed by atoms with Gasteiger partial charge in [-0.15, -0.1) is 0 Å². The first kappa shape index (κ1) is 22.5. The summed E-state index contributed by atoms with van der Waals surface area (Å²) in [5.74, 6) is -3.09. The molecule has 164 valence electrons. The van der Waals surface area contributed by atoms with Crippen molar-refractivity contribution in [1.29, 1.82) is 0 Å². The lowest BCUT2D eigenvalue weighted by Crippen LogP contribution is -2.27. The first-order chi connectivity index (χ1) is 14.6. The number of carbonyl (C=O) groups is 2. The second-order valence-electron chi connectivity index (χ2n) is 6.44. The van der Waals surface area contributed by atoms with Gasteiger partial charge in [-0.2, -0.15) is 18.2 Å². The highest BCUT2D eigenvalue weighted by molar-refractivity contribution is 7.16. The van der Waals surface area contributed by atoms with E-state index in [9.17, 15) is 32.3 Å².